The predicted molar refractivity (Wildman–Crippen MR) is 140 cm³/mol. The van der Waals surface area contributed by atoms with Crippen LogP contribution < -0.4 is 10.0 Å². The lowest BCUT2D eigenvalue weighted by atomic mass is 10.0. The van der Waals surface area contributed by atoms with E-state index in [2.05, 4.69) is 15.0 Å². The molecule has 2 atom stereocenters. The topological polar surface area (TPSA) is 100 Å². The van der Waals surface area contributed by atoms with E-state index in [1.165, 1.54) is 0 Å². The van der Waals surface area contributed by atoms with Crippen LogP contribution in [-0.2, 0) is 17.7 Å². The highest BCUT2D eigenvalue weighted by Gasteiger charge is 2.19. The second-order valence-corrected chi connectivity index (χ2v) is 9.35. The molecule has 3 aromatic carbocycles. The molecule has 35 heavy (non-hydrogen) atoms. The van der Waals surface area contributed by atoms with Crippen LogP contribution in [0.5, 0.6) is 0 Å². The maximum absolute atomic E-state index is 11.0. The Morgan fingerprint density at radius 2 is 1.63 bits per heavy atom. The number of rotatable bonds is 9. The molecule has 0 aliphatic rings. The van der Waals surface area contributed by atoms with Gasteiger partial charge in [-0.2, -0.15) is 0 Å². The van der Waals surface area contributed by atoms with Gasteiger partial charge in [0.1, 0.15) is 5.01 Å². The first kappa shape index (κ1) is 23.0. The molecule has 0 spiro atoms. The van der Waals surface area contributed by atoms with E-state index in [1.807, 2.05) is 78.2 Å². The van der Waals surface area contributed by atoms with Gasteiger partial charge in [0.25, 0.3) is 17.3 Å². The fourth-order valence-electron chi connectivity index (χ4n) is 3.66. The first-order chi connectivity index (χ1) is 17.1. The minimum atomic E-state index is -2.11. The lowest BCUT2D eigenvalue weighted by Crippen LogP contribution is -2.14. The van der Waals surface area contributed by atoms with Gasteiger partial charge in [-0.05, 0) is 24.1 Å². The summed E-state index contributed by atoms with van der Waals surface area (Å²) in [4.78, 5) is 9.33. The molecular formula is C26H22N4O3S2. The largest absolute Gasteiger partial charge is 0.424 e. The number of anilines is 2. The van der Waals surface area contributed by atoms with Crippen molar-refractivity contribution in [3.05, 3.63) is 108 Å². The number of nitrogens with zero attached hydrogens (tertiary/aromatic N) is 2. The highest BCUT2D eigenvalue weighted by Crippen LogP contribution is 2.31. The molecule has 7 nitrogen and oxygen atoms in total. The molecule has 9 heteroatoms. The van der Waals surface area contributed by atoms with Crippen molar-refractivity contribution >= 4 is 34.3 Å². The van der Waals surface area contributed by atoms with E-state index in [9.17, 15) is 4.21 Å². The van der Waals surface area contributed by atoms with Gasteiger partial charge in [0.15, 0.2) is 5.76 Å². The smallest absolute Gasteiger partial charge is 0.295 e. The molecule has 1 unspecified atom stereocenters. The van der Waals surface area contributed by atoms with Crippen LogP contribution in [-0.4, -0.2) is 18.7 Å². The average Bonchev–Trinajstić information content (AvgIpc) is 3.56. The van der Waals surface area contributed by atoms with E-state index in [4.69, 9.17) is 14.0 Å². The quantitative estimate of drug-likeness (QED) is 0.201. The van der Waals surface area contributed by atoms with Gasteiger partial charge in [0.05, 0.1) is 17.9 Å². The molecule has 0 saturated heterocycles. The molecule has 2 heterocycles. The summed E-state index contributed by atoms with van der Waals surface area (Å²) in [6.45, 7) is 0. The summed E-state index contributed by atoms with van der Waals surface area (Å²) < 4.78 is 28.5. The van der Waals surface area contributed by atoms with Crippen LogP contribution in [0.4, 0.5) is 11.7 Å². The van der Waals surface area contributed by atoms with Crippen molar-refractivity contribution in [3.8, 4) is 21.9 Å². The van der Waals surface area contributed by atoms with E-state index >= 15 is 0 Å². The molecule has 176 valence electrons. The van der Waals surface area contributed by atoms with Crippen LogP contribution in [0.15, 0.2) is 101 Å². The number of aromatic nitrogens is 2. The molecule has 5 aromatic rings. The van der Waals surface area contributed by atoms with E-state index in [-0.39, 0.29) is 6.04 Å². The standard InChI is InChI=1S/C26H22N4O3S2/c31-35(32)30-21-13-11-18(12-14-21)15-22(23-17-34-25(28-23)20-9-5-2-6-10-20)29-26-27-16-24(33-26)19-7-3-1-4-8-19/h1-14,16-17,22,30H,15H2,(H,27,29)(H,31,32)/t22-/m0/s1. The lowest BCUT2D eigenvalue weighted by molar-refractivity contribution is 0.568. The van der Waals surface area contributed by atoms with Crippen LogP contribution in [0.3, 0.4) is 0 Å². The van der Waals surface area contributed by atoms with Crippen LogP contribution in [0.2, 0.25) is 0 Å². The number of hydrogen-bond acceptors (Lipinski definition) is 6. The van der Waals surface area contributed by atoms with Crippen molar-refractivity contribution in [2.45, 2.75) is 12.5 Å². The fraction of sp³-hybridized carbons (Fsp3) is 0.0769. The lowest BCUT2D eigenvalue weighted by Gasteiger charge is -2.16. The van der Waals surface area contributed by atoms with Crippen LogP contribution in [0.25, 0.3) is 21.9 Å². The first-order valence-corrected chi connectivity index (χ1v) is 12.9. The van der Waals surface area contributed by atoms with E-state index in [0.717, 1.165) is 27.4 Å². The molecule has 0 aliphatic carbocycles. The monoisotopic (exact) mass is 502 g/mol. The zero-order valence-corrected chi connectivity index (χ0v) is 20.1. The first-order valence-electron chi connectivity index (χ1n) is 10.9. The van der Waals surface area contributed by atoms with Gasteiger partial charge >= 0.3 is 0 Å². The van der Waals surface area contributed by atoms with Crippen molar-refractivity contribution < 1.29 is 13.2 Å². The Balaban J connectivity index is 1.41. The number of thiazole rings is 1. The molecule has 0 radical (unpaired) electrons. The minimum Gasteiger partial charge on any atom is -0.424 e. The zero-order valence-electron chi connectivity index (χ0n) is 18.5. The highest BCUT2D eigenvalue weighted by atomic mass is 32.2. The van der Waals surface area contributed by atoms with Crippen molar-refractivity contribution in [3.63, 3.8) is 0 Å². The van der Waals surface area contributed by atoms with Gasteiger partial charge < -0.3 is 9.73 Å². The molecule has 0 bridgehead atoms. The maximum atomic E-state index is 11.0. The summed E-state index contributed by atoms with van der Waals surface area (Å²) in [5.41, 5.74) is 4.50. The summed E-state index contributed by atoms with van der Waals surface area (Å²) in [5, 5.41) is 6.39. The van der Waals surface area contributed by atoms with E-state index in [1.54, 1.807) is 29.7 Å². The van der Waals surface area contributed by atoms with Crippen molar-refractivity contribution in [1.29, 1.82) is 0 Å². The average molecular weight is 503 g/mol. The number of oxazole rings is 1. The Morgan fingerprint density at radius 3 is 2.31 bits per heavy atom. The van der Waals surface area contributed by atoms with Crippen molar-refractivity contribution in [1.82, 2.24) is 9.97 Å². The minimum absolute atomic E-state index is 0.197. The molecule has 3 N–H and O–H groups in total. The Hall–Kier alpha value is -3.79. The van der Waals surface area contributed by atoms with Gasteiger partial charge in [0, 0.05) is 22.2 Å². The predicted octanol–water partition coefficient (Wildman–Crippen LogP) is 6.41. The molecular weight excluding hydrogens is 480 g/mol. The van der Waals surface area contributed by atoms with Crippen LogP contribution >= 0.6 is 11.3 Å². The second kappa shape index (κ2) is 10.6. The summed E-state index contributed by atoms with van der Waals surface area (Å²) >= 11 is -0.521. The Kier molecular flexibility index (Phi) is 6.99. The molecule has 0 saturated carbocycles. The molecule has 2 aromatic heterocycles. The Bertz CT molecular complexity index is 1400. The van der Waals surface area contributed by atoms with Crippen molar-refractivity contribution in [2.24, 2.45) is 0 Å². The molecule has 0 fully saturated rings. The SMILES string of the molecule is O=S(O)Nc1ccc(C[C@H](Nc2ncc(-c3ccccc3)o2)c2csc(-c3ccccc3)n2)cc1. The second-order valence-electron chi connectivity index (χ2n) is 7.79. The third kappa shape index (κ3) is 5.83. The third-order valence-corrected chi connectivity index (χ3v) is 6.68. The number of benzene rings is 3. The van der Waals surface area contributed by atoms with Gasteiger partial charge in [-0.1, -0.05) is 72.8 Å². The van der Waals surface area contributed by atoms with Gasteiger partial charge in [-0.25, -0.2) is 14.2 Å². The summed E-state index contributed by atoms with van der Waals surface area (Å²) in [7, 11) is 0. The normalized spacial score (nSPS) is 12.7. The van der Waals surface area contributed by atoms with E-state index in [0.29, 0.717) is 23.9 Å². The third-order valence-electron chi connectivity index (χ3n) is 5.36. The summed E-state index contributed by atoms with van der Waals surface area (Å²) in [6.07, 6.45) is 2.32. The molecule has 0 aliphatic heterocycles. The van der Waals surface area contributed by atoms with Crippen molar-refractivity contribution in [2.75, 3.05) is 10.0 Å². The van der Waals surface area contributed by atoms with Gasteiger partial charge in [0.2, 0.25) is 0 Å². The van der Waals surface area contributed by atoms with Crippen LogP contribution in [0, 0.1) is 0 Å². The summed E-state index contributed by atoms with van der Waals surface area (Å²) in [6, 6.07) is 27.5. The number of nitrogens with one attached hydrogen (secondary N) is 2. The Labute approximate surface area is 209 Å². The summed E-state index contributed by atoms with van der Waals surface area (Å²) in [5.74, 6) is 0.683. The maximum Gasteiger partial charge on any atom is 0.295 e. The zero-order chi connectivity index (χ0) is 24.0. The number of hydrogen-bond donors (Lipinski definition) is 3. The highest BCUT2D eigenvalue weighted by molar-refractivity contribution is 7.80. The fourth-order valence-corrected chi connectivity index (χ4v) is 4.88. The van der Waals surface area contributed by atoms with E-state index < -0.39 is 11.3 Å². The Morgan fingerprint density at radius 1 is 0.943 bits per heavy atom. The van der Waals surface area contributed by atoms with Crippen LogP contribution in [0.1, 0.15) is 17.3 Å². The van der Waals surface area contributed by atoms with Gasteiger partial charge in [-0.3, -0.25) is 9.27 Å². The van der Waals surface area contributed by atoms with Gasteiger partial charge in [-0.15, -0.1) is 11.3 Å². The molecule has 0 amide bonds. The molecule has 5 rings (SSSR count).